The van der Waals surface area contributed by atoms with Crippen LogP contribution in [0.2, 0.25) is 0 Å². The highest BCUT2D eigenvalue weighted by Crippen LogP contribution is 2.37. The summed E-state index contributed by atoms with van der Waals surface area (Å²) in [6.07, 6.45) is 0.635. The van der Waals surface area contributed by atoms with E-state index in [9.17, 15) is 14.4 Å². The molecule has 154 valence electrons. The summed E-state index contributed by atoms with van der Waals surface area (Å²) >= 11 is 0. The van der Waals surface area contributed by atoms with Gasteiger partial charge in [-0.25, -0.2) is 4.39 Å². The Morgan fingerprint density at radius 2 is 2.00 bits per heavy atom. The van der Waals surface area contributed by atoms with Gasteiger partial charge in [0.25, 0.3) is 0 Å². The Balaban J connectivity index is 1.67. The quantitative estimate of drug-likeness (QED) is 0.538. The zero-order chi connectivity index (χ0) is 21.3. The van der Waals surface area contributed by atoms with E-state index in [0.29, 0.717) is 36.1 Å². The van der Waals surface area contributed by atoms with Crippen molar-refractivity contribution in [1.82, 2.24) is 9.97 Å². The van der Waals surface area contributed by atoms with Crippen LogP contribution in [0.15, 0.2) is 48.5 Å². The van der Waals surface area contributed by atoms with E-state index in [1.807, 2.05) is 24.0 Å². The zero-order valence-electron chi connectivity index (χ0n) is 16.7. The molecular formula is C21H22BFN4O3. The topological polar surface area (TPSA) is 90.7 Å². The second kappa shape index (κ2) is 8.29. The molecule has 2 aromatic carbocycles. The van der Waals surface area contributed by atoms with Crippen LogP contribution in [0.5, 0.6) is 5.88 Å². The number of hydrogen-bond donors (Lipinski definition) is 3. The smallest absolute Gasteiger partial charge is 0.481 e. The van der Waals surface area contributed by atoms with Gasteiger partial charge in [0.2, 0.25) is 11.8 Å². The molecule has 0 saturated carbocycles. The molecule has 0 spiro atoms. The molecular weight excluding hydrogens is 386 g/mol. The summed E-state index contributed by atoms with van der Waals surface area (Å²) in [5.74, 6) is 1.08. The number of benzene rings is 2. The number of aromatic nitrogens is 2. The number of fused-ring (bicyclic) bond motifs is 1. The van der Waals surface area contributed by atoms with Crippen molar-refractivity contribution in [3.63, 3.8) is 0 Å². The number of halogens is 1. The normalized spacial score (nSPS) is 15.1. The molecule has 9 heteroatoms. The van der Waals surface area contributed by atoms with Crippen LogP contribution < -0.4 is 20.4 Å². The summed E-state index contributed by atoms with van der Waals surface area (Å²) < 4.78 is 18.8. The van der Waals surface area contributed by atoms with Crippen LogP contribution >= 0.6 is 0 Å². The number of ether oxygens (including phenoxy) is 1. The summed E-state index contributed by atoms with van der Waals surface area (Å²) in [6.45, 7) is 2.42. The first-order chi connectivity index (χ1) is 14.5. The fraction of sp³-hybridized carbons (Fsp3) is 0.238. The Kier molecular flexibility index (Phi) is 5.56. The van der Waals surface area contributed by atoms with Gasteiger partial charge in [-0.15, -0.1) is 0 Å². The minimum atomic E-state index is -1.54. The number of methoxy groups -OCH3 is 1. The predicted octanol–water partition coefficient (Wildman–Crippen LogP) is 2.00. The van der Waals surface area contributed by atoms with Gasteiger partial charge in [0.15, 0.2) is 0 Å². The van der Waals surface area contributed by atoms with Crippen LogP contribution in [-0.2, 0) is 13.0 Å². The van der Waals surface area contributed by atoms with Crippen LogP contribution in [-0.4, -0.2) is 40.3 Å². The Labute approximate surface area is 174 Å². The monoisotopic (exact) mass is 408 g/mol. The van der Waals surface area contributed by atoms with Crippen molar-refractivity contribution in [2.75, 3.05) is 17.3 Å². The summed E-state index contributed by atoms with van der Waals surface area (Å²) in [5, 5.41) is 22.6. The van der Waals surface area contributed by atoms with E-state index in [1.54, 1.807) is 24.3 Å². The highest BCUT2D eigenvalue weighted by Gasteiger charge is 2.33. The minimum absolute atomic E-state index is 0.0167. The maximum absolute atomic E-state index is 13.4. The van der Waals surface area contributed by atoms with Crippen molar-refractivity contribution in [3.05, 3.63) is 65.5 Å². The van der Waals surface area contributed by atoms with E-state index in [-0.39, 0.29) is 11.9 Å². The number of anilines is 3. The summed E-state index contributed by atoms with van der Waals surface area (Å²) in [5.41, 5.74) is 2.96. The Bertz CT molecular complexity index is 1070. The molecule has 7 nitrogen and oxygen atoms in total. The van der Waals surface area contributed by atoms with E-state index in [0.717, 1.165) is 16.8 Å². The van der Waals surface area contributed by atoms with E-state index in [1.165, 1.54) is 19.2 Å². The molecule has 1 aromatic heterocycles. The highest BCUT2D eigenvalue weighted by molar-refractivity contribution is 6.59. The molecule has 0 bridgehead atoms. The van der Waals surface area contributed by atoms with E-state index >= 15 is 0 Å². The molecule has 0 radical (unpaired) electrons. The molecule has 3 N–H and O–H groups in total. The van der Waals surface area contributed by atoms with Gasteiger partial charge >= 0.3 is 7.12 Å². The minimum Gasteiger partial charge on any atom is -0.481 e. The lowest BCUT2D eigenvalue weighted by Gasteiger charge is -2.23. The zero-order valence-corrected chi connectivity index (χ0v) is 16.7. The highest BCUT2D eigenvalue weighted by atomic mass is 19.1. The van der Waals surface area contributed by atoms with Crippen molar-refractivity contribution < 1.29 is 19.2 Å². The van der Waals surface area contributed by atoms with Crippen molar-refractivity contribution in [1.29, 1.82) is 0 Å². The molecule has 0 saturated heterocycles. The molecule has 30 heavy (non-hydrogen) atoms. The number of hydrogen-bond acceptors (Lipinski definition) is 7. The predicted molar refractivity (Wildman–Crippen MR) is 114 cm³/mol. The largest absolute Gasteiger partial charge is 0.488 e. The van der Waals surface area contributed by atoms with Crippen LogP contribution in [0.25, 0.3) is 0 Å². The maximum atomic E-state index is 13.4. The van der Waals surface area contributed by atoms with Crippen LogP contribution in [0.4, 0.5) is 21.8 Å². The van der Waals surface area contributed by atoms with Crippen molar-refractivity contribution in [2.24, 2.45) is 0 Å². The number of nitrogens with one attached hydrogen (secondary N) is 1. The van der Waals surface area contributed by atoms with Gasteiger partial charge in [0, 0.05) is 24.3 Å². The van der Waals surface area contributed by atoms with Crippen LogP contribution in [0, 0.1) is 5.82 Å². The molecule has 3 aromatic rings. The average molecular weight is 408 g/mol. The third kappa shape index (κ3) is 3.94. The van der Waals surface area contributed by atoms with Gasteiger partial charge < -0.3 is 25.0 Å². The Morgan fingerprint density at radius 1 is 1.20 bits per heavy atom. The lowest BCUT2D eigenvalue weighted by Crippen LogP contribution is -2.32. The molecule has 1 aliphatic rings. The number of nitrogens with zero attached hydrogens (tertiary/aromatic N) is 3. The van der Waals surface area contributed by atoms with Crippen molar-refractivity contribution in [2.45, 2.75) is 25.9 Å². The lowest BCUT2D eigenvalue weighted by molar-refractivity contribution is 0.397. The van der Waals surface area contributed by atoms with Crippen molar-refractivity contribution in [3.8, 4) is 5.88 Å². The standard InChI is InChI=1S/C21H22BFN4O3/c1-13-9-16-17(22(28)29)7-4-8-18(16)27(13)21-25-19(11-20(26-21)30-2)24-12-14-5-3-6-15(23)10-14/h3-8,10-11,13,28-29H,9,12H2,1-2H3,(H,24,25,26). The van der Waals surface area contributed by atoms with Gasteiger partial charge in [-0.3, -0.25) is 0 Å². The first-order valence-corrected chi connectivity index (χ1v) is 9.65. The first-order valence-electron chi connectivity index (χ1n) is 9.65. The molecule has 0 aliphatic carbocycles. The van der Waals surface area contributed by atoms with Gasteiger partial charge in [-0.1, -0.05) is 24.3 Å². The summed E-state index contributed by atoms with van der Waals surface area (Å²) in [6, 6.07) is 13.4. The Morgan fingerprint density at radius 3 is 2.73 bits per heavy atom. The second-order valence-electron chi connectivity index (χ2n) is 7.22. The summed E-state index contributed by atoms with van der Waals surface area (Å²) in [7, 11) is -0.00819. The SMILES string of the molecule is COc1cc(NCc2cccc(F)c2)nc(N2c3cccc(B(O)O)c3CC2C)n1. The molecule has 4 rings (SSSR count). The van der Waals surface area contributed by atoms with Gasteiger partial charge in [0.05, 0.1) is 7.11 Å². The van der Waals surface area contributed by atoms with E-state index in [2.05, 4.69) is 15.3 Å². The van der Waals surface area contributed by atoms with Crippen LogP contribution in [0.3, 0.4) is 0 Å². The third-order valence-corrected chi connectivity index (χ3v) is 5.14. The van der Waals surface area contributed by atoms with Crippen molar-refractivity contribution >= 4 is 30.0 Å². The first kappa shape index (κ1) is 20.1. The molecule has 0 fully saturated rings. The molecule has 1 atom stereocenters. The average Bonchev–Trinajstić information content (AvgIpc) is 3.07. The third-order valence-electron chi connectivity index (χ3n) is 5.14. The molecule has 1 unspecified atom stereocenters. The molecule has 1 aliphatic heterocycles. The lowest BCUT2D eigenvalue weighted by atomic mass is 9.76. The fourth-order valence-electron chi connectivity index (χ4n) is 3.77. The molecule has 2 heterocycles. The second-order valence-corrected chi connectivity index (χ2v) is 7.22. The van der Waals surface area contributed by atoms with Crippen LogP contribution in [0.1, 0.15) is 18.1 Å². The van der Waals surface area contributed by atoms with E-state index < -0.39 is 7.12 Å². The van der Waals surface area contributed by atoms with Gasteiger partial charge in [-0.05, 0) is 48.1 Å². The van der Waals surface area contributed by atoms with Gasteiger partial charge in [-0.2, -0.15) is 9.97 Å². The molecule has 0 amide bonds. The van der Waals surface area contributed by atoms with E-state index in [4.69, 9.17) is 4.74 Å². The Hall–Kier alpha value is -3.17. The van der Waals surface area contributed by atoms with Gasteiger partial charge in [0.1, 0.15) is 11.6 Å². The summed E-state index contributed by atoms with van der Waals surface area (Å²) in [4.78, 5) is 11.1. The fourth-order valence-corrected chi connectivity index (χ4v) is 3.77. The number of rotatable bonds is 6. The maximum Gasteiger partial charge on any atom is 0.488 e.